The van der Waals surface area contributed by atoms with Crippen LogP contribution < -0.4 is 0 Å². The van der Waals surface area contributed by atoms with Gasteiger partial charge >= 0.3 is 507 Å². The van der Waals surface area contributed by atoms with Crippen LogP contribution in [-0.4, -0.2) is 96.1 Å². The Morgan fingerprint density at radius 3 is 1.49 bits per heavy atom. The second kappa shape index (κ2) is 43.3. The van der Waals surface area contributed by atoms with Crippen molar-refractivity contribution in [2.24, 2.45) is 11.8 Å². The summed E-state index contributed by atoms with van der Waals surface area (Å²) < 4.78 is 43.2. The molecule has 9 aromatic heterocycles. The molecule has 18 heteroatoms. The number of rotatable bonds is 16. The van der Waals surface area contributed by atoms with Gasteiger partial charge in [0.15, 0.2) is 17.3 Å². The zero-order valence-corrected chi connectivity index (χ0v) is 78.2. The summed E-state index contributed by atoms with van der Waals surface area (Å²) in [7, 11) is 0. The van der Waals surface area contributed by atoms with Crippen LogP contribution in [0.1, 0.15) is 127 Å². The SMILES string of the molecule is CC(=O)C=C(C)O.CC(=O)C=C(C)O.CCC(CC)C(=O)C=C(O)C(CC)CC.Cc1ccc2c(n1)oc1c(-c3ccc4cc(-c5ccc(C(C)C)cc5)[se]c4n3)[c-]ccc12.[2H]C([2H])([2H])c1cccc(C)c1-c1cc2ccc(-c3[c-]cccc3)nc2[se]1.[Ir].[Ir].[Ir].[c-]1ccc2c(oc3ccccc32)c1-c1ccc2cc(-c3ccccc3)[se]c2n1. The summed E-state index contributed by atoms with van der Waals surface area (Å²) in [5.41, 5.74) is 15.9. The van der Waals surface area contributed by atoms with Crippen LogP contribution >= 0.6 is 0 Å². The Hall–Kier alpha value is -8.90. The van der Waals surface area contributed by atoms with Gasteiger partial charge in [-0.05, 0) is 53.4 Å². The molecule has 3 radical (unpaired) electrons. The van der Waals surface area contributed by atoms with Gasteiger partial charge < -0.3 is 15.3 Å². The van der Waals surface area contributed by atoms with Crippen LogP contribution in [0.5, 0.6) is 0 Å². The van der Waals surface area contributed by atoms with Gasteiger partial charge in [0, 0.05) is 90.4 Å². The number of allylic oxidation sites excluding steroid dienone is 6. The third-order valence-corrected chi connectivity index (χ3v) is 25.6. The Bertz CT molecular complexity index is 6180. The molecule has 0 saturated heterocycles. The molecule has 0 aliphatic rings. The molecule has 0 aliphatic heterocycles. The van der Waals surface area contributed by atoms with Crippen molar-refractivity contribution in [3.8, 4) is 63.8 Å². The first-order valence-corrected chi connectivity index (χ1v) is 42.5. The number of hydrogen-bond acceptors (Lipinski definition) is 12. The van der Waals surface area contributed by atoms with E-state index in [1.54, 1.807) is 6.07 Å². The van der Waals surface area contributed by atoms with Gasteiger partial charge in [0.05, 0.1) is 17.3 Å². The molecule has 0 amide bonds. The van der Waals surface area contributed by atoms with Crippen molar-refractivity contribution < 1.29 is 103 Å². The maximum absolute atomic E-state index is 11.7. The van der Waals surface area contributed by atoms with E-state index in [0.717, 1.165) is 133 Å². The van der Waals surface area contributed by atoms with Crippen LogP contribution in [0.3, 0.4) is 0 Å². The Balaban J connectivity index is 0.000000188. The van der Waals surface area contributed by atoms with E-state index in [9.17, 15) is 19.5 Å². The van der Waals surface area contributed by atoms with Crippen molar-refractivity contribution >= 4 is 134 Å². The molecule has 0 unspecified atom stereocenters. The number of hydrogen-bond donors (Lipinski definition) is 3. The normalized spacial score (nSPS) is 11.9. The van der Waals surface area contributed by atoms with Crippen molar-refractivity contribution in [2.45, 2.75) is 122 Å². The summed E-state index contributed by atoms with van der Waals surface area (Å²) >= 11 is 0.353. The van der Waals surface area contributed by atoms with Crippen molar-refractivity contribution in [1.29, 1.82) is 0 Å². The number of aliphatic hydroxyl groups excluding tert-OH is 3. The number of aliphatic hydroxyl groups is 3. The number of furan rings is 2. The molecule has 0 fully saturated rings. The van der Waals surface area contributed by atoms with E-state index in [-0.39, 0.29) is 150 Å². The first-order valence-electron chi connectivity index (χ1n) is 38.9. The average Bonchev–Trinajstić information content (AvgIpc) is 1.62. The molecule has 16 rings (SSSR count). The van der Waals surface area contributed by atoms with Gasteiger partial charge in [-0.3, -0.25) is 14.4 Å². The Kier molecular flexibility index (Phi) is 32.8. The zero-order chi connectivity index (χ0) is 82.2. The molecule has 0 aliphatic carbocycles. The van der Waals surface area contributed by atoms with Crippen LogP contribution in [0.25, 0.3) is 137 Å². The number of benzene rings is 7. The summed E-state index contributed by atoms with van der Waals surface area (Å²) in [5.74, 6) is 0.969. The van der Waals surface area contributed by atoms with Crippen LogP contribution in [0, 0.1) is 50.7 Å². The van der Waals surface area contributed by atoms with E-state index in [4.69, 9.17) is 38.1 Å². The molecule has 595 valence electrons. The standard InChI is InChI=1S/C28H21N2OSe.C25H14NOSe.C21H16NSe.C13H24O2.2C5H8O2.3Ir/c1-16(2)18-8-10-19(11-9-18)25-15-20-12-14-24(30-28(20)32-25)23-6-4-5-21-22-13-7-17(3)29-27(22)31-26(21)23;1-2-7-16(8-3-1)23-15-17-13-14-21(26-25(17)28-23)20-11-6-10-19-18-9-4-5-12-22(18)27-24(19)20;1-14-7-6-8-15(2)20(14)19-13-17-11-12-18(22-21(17)23-19)16-9-4-3-5-10-16;1-5-10(6-2)12(14)9-13(15)11(7-3)8-4;2*1-4(6)3-5(2)7;;;/h4-5,7-16H,1-3H3;1-10,12-15H;3-9,11-13H,1-2H3;9-11,14H,5-8H2,1-4H3;2*3,6H,1-2H3;;;/q3*-1;;;;;;/i;;1D3;;;;;;. The quantitative estimate of drug-likeness (QED) is 0.0360. The van der Waals surface area contributed by atoms with Gasteiger partial charge in [-0.2, -0.15) is 0 Å². The van der Waals surface area contributed by atoms with Gasteiger partial charge in [0.2, 0.25) is 0 Å². The minimum atomic E-state index is -2.12. The molecule has 3 N–H and O–H groups in total. The van der Waals surface area contributed by atoms with Gasteiger partial charge in [0.25, 0.3) is 0 Å². The molecule has 0 atom stereocenters. The summed E-state index contributed by atoms with van der Waals surface area (Å²) in [4.78, 5) is 51.2. The summed E-state index contributed by atoms with van der Waals surface area (Å²) in [6.07, 6.45) is 7.24. The fraction of sp³-hybridized carbons (Fsp3) is 0.206. The second-order valence-corrected chi connectivity index (χ2v) is 34.0. The van der Waals surface area contributed by atoms with Gasteiger partial charge in [-0.1, -0.05) is 27.7 Å². The Labute approximate surface area is 735 Å². The second-order valence-electron chi connectivity index (χ2n) is 27.5. The molecular formula is C97H91Ir3N4O8Se3-3. The van der Waals surface area contributed by atoms with E-state index in [0.29, 0.717) is 17.2 Å². The van der Waals surface area contributed by atoms with Gasteiger partial charge in [-0.15, -0.1) is 0 Å². The number of fused-ring (bicyclic) bond motifs is 9. The van der Waals surface area contributed by atoms with Gasteiger partial charge in [-0.25, -0.2) is 0 Å². The number of nitrogens with zero attached hydrogens (tertiary/aromatic N) is 4. The molecule has 0 spiro atoms. The van der Waals surface area contributed by atoms with Gasteiger partial charge in [0.1, 0.15) is 0 Å². The molecule has 12 nitrogen and oxygen atoms in total. The zero-order valence-electron chi connectivity index (χ0n) is 68.9. The van der Waals surface area contributed by atoms with E-state index >= 15 is 0 Å². The van der Waals surface area contributed by atoms with Crippen molar-refractivity contribution in [3.05, 3.63) is 288 Å². The third-order valence-electron chi connectivity index (χ3n) is 18.8. The van der Waals surface area contributed by atoms with Crippen LogP contribution in [0.15, 0.2) is 257 Å². The monoisotopic (exact) mass is 2260 g/mol. The molecule has 115 heavy (non-hydrogen) atoms. The van der Waals surface area contributed by atoms with Crippen molar-refractivity contribution in [1.82, 2.24) is 19.9 Å². The van der Waals surface area contributed by atoms with Crippen LogP contribution in [-0.2, 0) is 74.7 Å². The summed E-state index contributed by atoms with van der Waals surface area (Å²) in [5, 5.41) is 34.3. The number of pyridine rings is 4. The van der Waals surface area contributed by atoms with E-state index in [1.165, 1.54) is 86.7 Å². The molecular weight excluding hydrogens is 2160 g/mol. The van der Waals surface area contributed by atoms with Crippen LogP contribution in [0.4, 0.5) is 0 Å². The Morgan fingerprint density at radius 1 is 0.470 bits per heavy atom. The predicted molar refractivity (Wildman–Crippen MR) is 464 cm³/mol. The van der Waals surface area contributed by atoms with Crippen LogP contribution in [0.2, 0.25) is 0 Å². The summed E-state index contributed by atoms with van der Waals surface area (Å²) in [6.45, 7) is 20.1. The molecule has 9 heterocycles. The van der Waals surface area contributed by atoms with Crippen molar-refractivity contribution in [3.63, 3.8) is 0 Å². The minimum absolute atomic E-state index is 0. The third kappa shape index (κ3) is 23.5. The summed E-state index contributed by atoms with van der Waals surface area (Å²) in [6, 6.07) is 82.3. The Morgan fingerprint density at radius 2 is 0.965 bits per heavy atom. The molecule has 0 saturated carbocycles. The predicted octanol–water partition coefficient (Wildman–Crippen LogP) is 24.5. The fourth-order valence-corrected chi connectivity index (χ4v) is 19.7. The maximum atomic E-state index is 11.7. The number of para-hydroxylation sites is 1. The number of ketones is 3. The number of carbonyl (C=O) groups excluding carboxylic acids is 3. The number of aryl methyl sites for hydroxylation is 3. The topological polar surface area (TPSA) is 190 Å². The average molecular weight is 2260 g/mol. The van der Waals surface area contributed by atoms with E-state index < -0.39 is 6.85 Å². The van der Waals surface area contributed by atoms with Crippen molar-refractivity contribution in [2.75, 3.05) is 0 Å². The molecule has 16 aromatic rings. The number of carbonyl (C=O) groups is 3. The molecule has 0 bridgehead atoms. The number of aromatic nitrogens is 4. The fourth-order valence-electron chi connectivity index (χ4n) is 12.9. The molecule has 7 aromatic carbocycles. The first-order chi connectivity index (χ1) is 55.2. The van der Waals surface area contributed by atoms with E-state index in [2.05, 4.69) is 158 Å². The van der Waals surface area contributed by atoms with E-state index in [1.807, 2.05) is 126 Å². The first kappa shape index (κ1) is 86.9.